The number of pyridine rings is 1. The Kier molecular flexibility index (Phi) is 7.24. The molecule has 0 bridgehead atoms. The van der Waals surface area contributed by atoms with Crippen LogP contribution in [0.25, 0.3) is 0 Å². The van der Waals surface area contributed by atoms with Gasteiger partial charge in [-0.25, -0.2) is 0 Å². The van der Waals surface area contributed by atoms with Gasteiger partial charge in [-0.1, -0.05) is 18.9 Å². The fraction of sp³-hybridized carbons (Fsp3) is 0.500. The summed E-state index contributed by atoms with van der Waals surface area (Å²) in [4.78, 5) is 25.9. The molecular weight excluding hydrogens is 244 g/mol. The van der Waals surface area contributed by atoms with Crippen LogP contribution in [0.4, 0.5) is 0 Å². The van der Waals surface area contributed by atoms with Gasteiger partial charge in [-0.15, -0.1) is 0 Å². The molecular formula is C14H20N2O3. The first-order valence-electron chi connectivity index (χ1n) is 6.57. The van der Waals surface area contributed by atoms with Gasteiger partial charge in [0.1, 0.15) is 0 Å². The van der Waals surface area contributed by atoms with Crippen molar-refractivity contribution in [3.05, 3.63) is 30.1 Å². The molecule has 2 N–H and O–H groups in total. The van der Waals surface area contributed by atoms with Gasteiger partial charge in [-0.05, 0) is 25.0 Å². The van der Waals surface area contributed by atoms with Crippen LogP contribution in [0.3, 0.4) is 0 Å². The third-order valence-electron chi connectivity index (χ3n) is 2.71. The lowest BCUT2D eigenvalue weighted by Gasteiger charge is -2.04. The number of carbonyl (C=O) groups excluding carboxylic acids is 1. The van der Waals surface area contributed by atoms with E-state index in [1.807, 2.05) is 18.2 Å². The van der Waals surface area contributed by atoms with Gasteiger partial charge in [0.2, 0.25) is 5.91 Å². The van der Waals surface area contributed by atoms with Crippen LogP contribution in [0, 0.1) is 0 Å². The van der Waals surface area contributed by atoms with Crippen molar-refractivity contribution in [2.45, 2.75) is 38.5 Å². The molecule has 1 amide bonds. The van der Waals surface area contributed by atoms with E-state index in [1.54, 1.807) is 6.20 Å². The van der Waals surface area contributed by atoms with Crippen molar-refractivity contribution < 1.29 is 14.7 Å². The van der Waals surface area contributed by atoms with Crippen LogP contribution in [-0.2, 0) is 16.0 Å². The first kappa shape index (κ1) is 15.1. The van der Waals surface area contributed by atoms with E-state index in [0.717, 1.165) is 25.0 Å². The van der Waals surface area contributed by atoms with Gasteiger partial charge in [0.15, 0.2) is 0 Å². The lowest BCUT2D eigenvalue weighted by molar-refractivity contribution is -0.137. The molecule has 0 unspecified atom stereocenters. The fourth-order valence-corrected chi connectivity index (χ4v) is 1.71. The monoisotopic (exact) mass is 264 g/mol. The Morgan fingerprint density at radius 2 is 1.95 bits per heavy atom. The number of aliphatic carboxylic acids is 1. The number of carboxylic acid groups (broad SMARTS) is 1. The molecule has 0 fully saturated rings. The molecule has 1 heterocycles. The van der Waals surface area contributed by atoms with E-state index in [4.69, 9.17) is 5.11 Å². The summed E-state index contributed by atoms with van der Waals surface area (Å²) in [6, 6.07) is 5.50. The van der Waals surface area contributed by atoms with Gasteiger partial charge in [0.05, 0.1) is 6.42 Å². The third kappa shape index (κ3) is 7.91. The highest BCUT2D eigenvalue weighted by Crippen LogP contribution is 2.02. The van der Waals surface area contributed by atoms with Crippen molar-refractivity contribution in [1.29, 1.82) is 0 Å². The molecule has 0 aromatic carbocycles. The van der Waals surface area contributed by atoms with Crippen LogP contribution in [-0.4, -0.2) is 28.5 Å². The fourth-order valence-electron chi connectivity index (χ4n) is 1.71. The number of carboxylic acids is 1. The van der Waals surface area contributed by atoms with Crippen LogP contribution in [0.2, 0.25) is 0 Å². The minimum atomic E-state index is -0.747. The van der Waals surface area contributed by atoms with Crippen molar-refractivity contribution in [3.63, 3.8) is 0 Å². The predicted molar refractivity (Wildman–Crippen MR) is 71.7 cm³/mol. The maximum absolute atomic E-state index is 11.6. The van der Waals surface area contributed by atoms with Gasteiger partial charge in [0.25, 0.3) is 0 Å². The molecule has 0 saturated carbocycles. The standard InChI is InChI=1S/C14H20N2O3/c17-13(11-12-7-4-6-9-15-12)16-10-5-2-1-3-8-14(18)19/h4,6-7,9H,1-3,5,8,10-11H2,(H,16,17)(H,18,19). The SMILES string of the molecule is O=C(O)CCCCCCNC(=O)Cc1ccccn1. The zero-order valence-electron chi connectivity index (χ0n) is 11.0. The summed E-state index contributed by atoms with van der Waals surface area (Å²) in [5.74, 6) is -0.770. The molecule has 5 nitrogen and oxygen atoms in total. The highest BCUT2D eigenvalue weighted by molar-refractivity contribution is 5.77. The second-order valence-electron chi connectivity index (χ2n) is 4.41. The molecule has 19 heavy (non-hydrogen) atoms. The number of carbonyl (C=O) groups is 2. The lowest BCUT2D eigenvalue weighted by atomic mass is 10.1. The van der Waals surface area contributed by atoms with Gasteiger partial charge in [-0.2, -0.15) is 0 Å². The molecule has 0 saturated heterocycles. The topological polar surface area (TPSA) is 79.3 Å². The minimum Gasteiger partial charge on any atom is -0.481 e. The molecule has 0 spiro atoms. The Bertz CT molecular complexity index is 393. The van der Waals surface area contributed by atoms with Gasteiger partial charge < -0.3 is 10.4 Å². The summed E-state index contributed by atoms with van der Waals surface area (Å²) >= 11 is 0. The maximum Gasteiger partial charge on any atom is 0.303 e. The van der Waals surface area contributed by atoms with Crippen molar-refractivity contribution in [2.24, 2.45) is 0 Å². The highest BCUT2D eigenvalue weighted by atomic mass is 16.4. The van der Waals surface area contributed by atoms with E-state index in [1.165, 1.54) is 0 Å². The summed E-state index contributed by atoms with van der Waals surface area (Å²) < 4.78 is 0. The quantitative estimate of drug-likeness (QED) is 0.666. The normalized spacial score (nSPS) is 10.1. The average molecular weight is 264 g/mol. The zero-order valence-corrected chi connectivity index (χ0v) is 11.0. The minimum absolute atomic E-state index is 0.0239. The van der Waals surface area contributed by atoms with E-state index >= 15 is 0 Å². The van der Waals surface area contributed by atoms with Crippen LogP contribution in [0.15, 0.2) is 24.4 Å². The van der Waals surface area contributed by atoms with Crippen LogP contribution in [0.1, 0.15) is 37.8 Å². The number of nitrogens with one attached hydrogen (secondary N) is 1. The average Bonchev–Trinajstić information content (AvgIpc) is 2.38. The predicted octanol–water partition coefficient (Wildman–Crippen LogP) is 1.78. The smallest absolute Gasteiger partial charge is 0.303 e. The zero-order chi connectivity index (χ0) is 13.9. The van der Waals surface area contributed by atoms with Crippen molar-refractivity contribution in [2.75, 3.05) is 6.54 Å². The van der Waals surface area contributed by atoms with E-state index in [-0.39, 0.29) is 12.3 Å². The number of amides is 1. The summed E-state index contributed by atoms with van der Waals surface area (Å²) in [5.41, 5.74) is 0.765. The second kappa shape index (κ2) is 9.08. The largest absolute Gasteiger partial charge is 0.481 e. The van der Waals surface area contributed by atoms with Crippen molar-refractivity contribution >= 4 is 11.9 Å². The molecule has 1 rings (SSSR count). The number of nitrogens with zero attached hydrogens (tertiary/aromatic N) is 1. The van der Waals surface area contributed by atoms with Crippen molar-refractivity contribution in [1.82, 2.24) is 10.3 Å². The molecule has 0 aliphatic carbocycles. The molecule has 1 aromatic rings. The number of hydrogen-bond acceptors (Lipinski definition) is 3. The summed E-state index contributed by atoms with van der Waals surface area (Å²) in [6.45, 7) is 0.638. The number of aromatic nitrogens is 1. The van der Waals surface area contributed by atoms with Gasteiger partial charge in [-0.3, -0.25) is 14.6 Å². The number of unbranched alkanes of at least 4 members (excludes halogenated alkanes) is 3. The van der Waals surface area contributed by atoms with Gasteiger partial charge in [0, 0.05) is 24.9 Å². The first-order chi connectivity index (χ1) is 9.18. The molecule has 0 atom stereocenters. The van der Waals surface area contributed by atoms with E-state index in [9.17, 15) is 9.59 Å². The number of hydrogen-bond donors (Lipinski definition) is 2. The Morgan fingerprint density at radius 1 is 1.16 bits per heavy atom. The van der Waals surface area contributed by atoms with E-state index in [2.05, 4.69) is 10.3 Å². The maximum atomic E-state index is 11.6. The summed E-state index contributed by atoms with van der Waals surface area (Å²) in [5, 5.41) is 11.3. The molecule has 0 aliphatic rings. The Hall–Kier alpha value is -1.91. The molecule has 1 aromatic heterocycles. The van der Waals surface area contributed by atoms with E-state index in [0.29, 0.717) is 19.4 Å². The summed E-state index contributed by atoms with van der Waals surface area (Å²) in [6.07, 6.45) is 5.63. The van der Waals surface area contributed by atoms with Crippen molar-refractivity contribution in [3.8, 4) is 0 Å². The van der Waals surface area contributed by atoms with Gasteiger partial charge >= 0.3 is 5.97 Å². The summed E-state index contributed by atoms with van der Waals surface area (Å²) in [7, 11) is 0. The first-order valence-corrected chi connectivity index (χ1v) is 6.57. The van der Waals surface area contributed by atoms with Crippen LogP contribution < -0.4 is 5.32 Å². The molecule has 104 valence electrons. The third-order valence-corrected chi connectivity index (χ3v) is 2.71. The lowest BCUT2D eigenvalue weighted by Crippen LogP contribution is -2.26. The van der Waals surface area contributed by atoms with Crippen LogP contribution >= 0.6 is 0 Å². The van der Waals surface area contributed by atoms with E-state index < -0.39 is 5.97 Å². The Labute approximate surface area is 113 Å². The second-order valence-corrected chi connectivity index (χ2v) is 4.41. The highest BCUT2D eigenvalue weighted by Gasteiger charge is 2.03. The Morgan fingerprint density at radius 3 is 2.63 bits per heavy atom. The Balaban J connectivity index is 2.00. The molecule has 5 heteroatoms. The molecule has 0 radical (unpaired) electrons. The molecule has 0 aliphatic heterocycles. The van der Waals surface area contributed by atoms with Crippen LogP contribution in [0.5, 0.6) is 0 Å². The number of rotatable bonds is 9.